The zero-order valence-electron chi connectivity index (χ0n) is 10.8. The lowest BCUT2D eigenvalue weighted by Gasteiger charge is -2.39. The molecule has 1 aliphatic rings. The maximum absolute atomic E-state index is 11.1. The van der Waals surface area contributed by atoms with Crippen molar-refractivity contribution in [1.82, 2.24) is 4.90 Å². The molecule has 1 fully saturated rings. The summed E-state index contributed by atoms with van der Waals surface area (Å²) in [5.41, 5.74) is -0.622. The molecule has 94 valence electrons. The molecule has 1 rings (SSSR count). The van der Waals surface area contributed by atoms with E-state index in [1.54, 1.807) is 0 Å². The van der Waals surface area contributed by atoms with E-state index in [-0.39, 0.29) is 0 Å². The summed E-state index contributed by atoms with van der Waals surface area (Å²) in [6.07, 6.45) is 6.15. The minimum absolute atomic E-state index is 0.609. The summed E-state index contributed by atoms with van der Waals surface area (Å²) in [5, 5.41) is 9.16. The molecule has 1 unspecified atom stereocenters. The second-order valence-corrected chi connectivity index (χ2v) is 5.60. The monoisotopic (exact) mass is 227 g/mol. The highest BCUT2D eigenvalue weighted by Gasteiger charge is 2.33. The van der Waals surface area contributed by atoms with Crippen LogP contribution in [-0.2, 0) is 4.79 Å². The molecule has 16 heavy (non-hydrogen) atoms. The number of piperidine rings is 1. The lowest BCUT2D eigenvalue weighted by molar-refractivity contribution is -0.148. The van der Waals surface area contributed by atoms with E-state index in [4.69, 9.17) is 5.11 Å². The van der Waals surface area contributed by atoms with Crippen LogP contribution in [0.2, 0.25) is 0 Å². The third-order valence-electron chi connectivity index (χ3n) is 3.55. The van der Waals surface area contributed by atoms with Crippen molar-refractivity contribution < 1.29 is 9.90 Å². The third kappa shape index (κ3) is 3.48. The highest BCUT2D eigenvalue weighted by atomic mass is 16.4. The average Bonchev–Trinajstić information content (AvgIpc) is 2.20. The van der Waals surface area contributed by atoms with Gasteiger partial charge in [-0.2, -0.15) is 0 Å². The molecular weight excluding hydrogens is 202 g/mol. The van der Waals surface area contributed by atoms with Gasteiger partial charge in [0.05, 0.1) is 5.41 Å². The number of carboxylic acids is 1. The van der Waals surface area contributed by atoms with Gasteiger partial charge in [0.2, 0.25) is 0 Å². The van der Waals surface area contributed by atoms with E-state index in [0.717, 1.165) is 6.54 Å². The van der Waals surface area contributed by atoms with E-state index < -0.39 is 11.4 Å². The average molecular weight is 227 g/mol. The Hall–Kier alpha value is -0.570. The summed E-state index contributed by atoms with van der Waals surface area (Å²) >= 11 is 0. The molecule has 0 aromatic rings. The second kappa shape index (κ2) is 5.67. The van der Waals surface area contributed by atoms with Crippen LogP contribution < -0.4 is 0 Å². The van der Waals surface area contributed by atoms with Crippen LogP contribution in [0.5, 0.6) is 0 Å². The van der Waals surface area contributed by atoms with Crippen molar-refractivity contribution in [2.75, 3.05) is 13.1 Å². The van der Waals surface area contributed by atoms with Crippen molar-refractivity contribution in [3.63, 3.8) is 0 Å². The Morgan fingerprint density at radius 3 is 2.69 bits per heavy atom. The van der Waals surface area contributed by atoms with Gasteiger partial charge < -0.3 is 5.11 Å². The maximum atomic E-state index is 11.1. The molecule has 0 spiro atoms. The number of rotatable bonds is 5. The van der Waals surface area contributed by atoms with E-state index in [2.05, 4.69) is 11.8 Å². The number of hydrogen-bond donors (Lipinski definition) is 1. The third-order valence-corrected chi connectivity index (χ3v) is 3.55. The standard InChI is InChI=1S/C13H25NO2/c1-4-7-11-8-5-6-9-14(11)10-13(2,3)12(15)16/h11H,4-10H2,1-3H3,(H,15,16). The van der Waals surface area contributed by atoms with Gasteiger partial charge in [-0.25, -0.2) is 0 Å². The molecule has 0 bridgehead atoms. The van der Waals surface area contributed by atoms with Gasteiger partial charge in [0.15, 0.2) is 0 Å². The molecule has 1 N–H and O–H groups in total. The molecule has 0 amide bonds. The smallest absolute Gasteiger partial charge is 0.310 e. The van der Waals surface area contributed by atoms with Crippen LogP contribution in [0, 0.1) is 5.41 Å². The van der Waals surface area contributed by atoms with Gasteiger partial charge in [0.1, 0.15) is 0 Å². The Bertz CT molecular complexity index is 236. The van der Waals surface area contributed by atoms with Crippen molar-refractivity contribution in [3.8, 4) is 0 Å². The topological polar surface area (TPSA) is 40.5 Å². The highest BCUT2D eigenvalue weighted by molar-refractivity contribution is 5.73. The summed E-state index contributed by atoms with van der Waals surface area (Å²) in [4.78, 5) is 13.5. The van der Waals surface area contributed by atoms with Gasteiger partial charge in [-0.05, 0) is 39.7 Å². The quantitative estimate of drug-likeness (QED) is 0.785. The van der Waals surface area contributed by atoms with Gasteiger partial charge in [-0.1, -0.05) is 19.8 Å². The number of carboxylic acid groups (broad SMARTS) is 1. The number of carbonyl (C=O) groups is 1. The molecule has 3 heteroatoms. The van der Waals surface area contributed by atoms with E-state index in [0.29, 0.717) is 12.6 Å². The SMILES string of the molecule is CCCC1CCCCN1CC(C)(C)C(=O)O. The summed E-state index contributed by atoms with van der Waals surface area (Å²) in [6, 6.07) is 0.609. The predicted octanol–water partition coefficient (Wildman–Crippen LogP) is 2.75. The van der Waals surface area contributed by atoms with Crippen molar-refractivity contribution in [1.29, 1.82) is 0 Å². The van der Waals surface area contributed by atoms with Crippen LogP contribution in [0.3, 0.4) is 0 Å². The number of nitrogens with zero attached hydrogens (tertiary/aromatic N) is 1. The van der Waals surface area contributed by atoms with Crippen LogP contribution >= 0.6 is 0 Å². The molecule has 0 aromatic heterocycles. The highest BCUT2D eigenvalue weighted by Crippen LogP contribution is 2.26. The lowest BCUT2D eigenvalue weighted by Crippen LogP contribution is -2.46. The van der Waals surface area contributed by atoms with Gasteiger partial charge in [0.25, 0.3) is 0 Å². The first-order valence-corrected chi connectivity index (χ1v) is 6.45. The molecule has 0 radical (unpaired) electrons. The molecule has 0 aliphatic carbocycles. The number of aliphatic carboxylic acids is 1. The predicted molar refractivity (Wildman–Crippen MR) is 65.5 cm³/mol. The zero-order chi connectivity index (χ0) is 12.2. The Morgan fingerprint density at radius 2 is 2.12 bits per heavy atom. The zero-order valence-corrected chi connectivity index (χ0v) is 10.8. The lowest BCUT2D eigenvalue weighted by atomic mass is 9.89. The largest absolute Gasteiger partial charge is 0.481 e. The summed E-state index contributed by atoms with van der Waals surface area (Å²) < 4.78 is 0. The first kappa shape index (κ1) is 13.5. The number of likely N-dealkylation sites (tertiary alicyclic amines) is 1. The Balaban J connectivity index is 2.58. The number of hydrogen-bond acceptors (Lipinski definition) is 2. The molecule has 1 atom stereocenters. The van der Waals surface area contributed by atoms with Crippen LogP contribution in [0.15, 0.2) is 0 Å². The molecule has 1 saturated heterocycles. The van der Waals surface area contributed by atoms with Gasteiger partial charge in [0, 0.05) is 12.6 Å². The van der Waals surface area contributed by atoms with E-state index >= 15 is 0 Å². The second-order valence-electron chi connectivity index (χ2n) is 5.60. The molecule has 0 aromatic carbocycles. The molecular formula is C13H25NO2. The van der Waals surface area contributed by atoms with Crippen molar-refractivity contribution in [2.45, 2.75) is 58.9 Å². The van der Waals surface area contributed by atoms with Crippen molar-refractivity contribution >= 4 is 5.97 Å². The first-order valence-electron chi connectivity index (χ1n) is 6.45. The summed E-state index contributed by atoms with van der Waals surface area (Å²) in [6.45, 7) is 7.61. The van der Waals surface area contributed by atoms with E-state index in [1.807, 2.05) is 13.8 Å². The van der Waals surface area contributed by atoms with Crippen LogP contribution in [0.4, 0.5) is 0 Å². The fraction of sp³-hybridized carbons (Fsp3) is 0.923. The Labute approximate surface area is 98.8 Å². The summed E-state index contributed by atoms with van der Waals surface area (Å²) in [5.74, 6) is -0.687. The minimum atomic E-state index is -0.687. The van der Waals surface area contributed by atoms with E-state index in [9.17, 15) is 4.79 Å². The molecule has 1 aliphatic heterocycles. The molecule has 3 nitrogen and oxygen atoms in total. The maximum Gasteiger partial charge on any atom is 0.310 e. The van der Waals surface area contributed by atoms with E-state index in [1.165, 1.54) is 32.1 Å². The summed E-state index contributed by atoms with van der Waals surface area (Å²) in [7, 11) is 0. The van der Waals surface area contributed by atoms with Crippen molar-refractivity contribution in [3.05, 3.63) is 0 Å². The normalized spacial score (nSPS) is 23.3. The van der Waals surface area contributed by atoms with Gasteiger partial charge in [-0.3, -0.25) is 9.69 Å². The van der Waals surface area contributed by atoms with Crippen LogP contribution in [0.25, 0.3) is 0 Å². The first-order chi connectivity index (χ1) is 7.47. The minimum Gasteiger partial charge on any atom is -0.481 e. The fourth-order valence-corrected chi connectivity index (χ4v) is 2.50. The molecule has 1 heterocycles. The molecule has 0 saturated carbocycles. The Morgan fingerprint density at radius 1 is 1.44 bits per heavy atom. The van der Waals surface area contributed by atoms with Crippen molar-refractivity contribution in [2.24, 2.45) is 5.41 Å². The van der Waals surface area contributed by atoms with Gasteiger partial charge >= 0.3 is 5.97 Å². The van der Waals surface area contributed by atoms with Crippen LogP contribution in [-0.4, -0.2) is 35.1 Å². The Kier molecular flexibility index (Phi) is 4.78. The fourth-order valence-electron chi connectivity index (χ4n) is 2.50. The van der Waals surface area contributed by atoms with Gasteiger partial charge in [-0.15, -0.1) is 0 Å². The van der Waals surface area contributed by atoms with Crippen LogP contribution in [0.1, 0.15) is 52.9 Å².